The normalized spacial score (nSPS) is 21.3. The summed E-state index contributed by atoms with van der Waals surface area (Å²) in [6.45, 7) is 9.54. The second-order valence-electron chi connectivity index (χ2n) is 11.1. The van der Waals surface area contributed by atoms with E-state index in [1.54, 1.807) is 49.1 Å². The minimum atomic E-state index is -1.76. The van der Waals surface area contributed by atoms with Gasteiger partial charge in [-0.1, -0.05) is 31.5 Å². The minimum Gasteiger partial charge on any atom is -0.462 e. The van der Waals surface area contributed by atoms with Gasteiger partial charge in [0.15, 0.2) is 5.78 Å². The van der Waals surface area contributed by atoms with E-state index in [0.29, 0.717) is 34.6 Å². The molecule has 0 aromatic heterocycles. The van der Waals surface area contributed by atoms with E-state index < -0.39 is 28.7 Å². The lowest BCUT2D eigenvalue weighted by molar-refractivity contribution is -0.140. The van der Waals surface area contributed by atoms with Crippen molar-refractivity contribution < 1.29 is 28.7 Å². The van der Waals surface area contributed by atoms with Gasteiger partial charge in [-0.25, -0.2) is 9.59 Å². The first-order valence-corrected chi connectivity index (χ1v) is 13.4. The molecule has 2 aromatic carbocycles. The molecular weight excluding hydrogens is 510 g/mol. The van der Waals surface area contributed by atoms with Crippen LogP contribution in [0.5, 0.6) is 0 Å². The topological polar surface area (TPSA) is 128 Å². The van der Waals surface area contributed by atoms with E-state index in [0.717, 1.165) is 5.56 Å². The molecule has 1 amide bonds. The summed E-state index contributed by atoms with van der Waals surface area (Å²) < 4.78 is 10.6. The van der Waals surface area contributed by atoms with Crippen molar-refractivity contribution in [1.82, 2.24) is 0 Å². The van der Waals surface area contributed by atoms with Crippen LogP contribution >= 0.6 is 0 Å². The second-order valence-corrected chi connectivity index (χ2v) is 11.1. The predicted molar refractivity (Wildman–Crippen MR) is 149 cm³/mol. The summed E-state index contributed by atoms with van der Waals surface area (Å²) in [5.41, 5.74) is 8.09. The molecule has 0 fully saturated rings. The number of Topliss-reactive ketones (excluding diaryl/α,β-unsaturated/α-hetero) is 1. The predicted octanol–water partition coefficient (Wildman–Crippen LogP) is 4.26. The summed E-state index contributed by atoms with van der Waals surface area (Å²) in [6, 6.07) is 12.0. The van der Waals surface area contributed by atoms with Gasteiger partial charge >= 0.3 is 11.9 Å². The van der Waals surface area contributed by atoms with Crippen molar-refractivity contribution in [3.63, 3.8) is 0 Å². The summed E-state index contributed by atoms with van der Waals surface area (Å²) in [7, 11) is 0. The number of fused-ring (bicyclic) bond motifs is 3. The third kappa shape index (κ3) is 3.99. The Hall–Kier alpha value is -4.40. The van der Waals surface area contributed by atoms with E-state index in [4.69, 9.17) is 15.2 Å². The highest BCUT2D eigenvalue weighted by Crippen LogP contribution is 2.57. The van der Waals surface area contributed by atoms with Crippen molar-refractivity contribution in [3.8, 4) is 0 Å². The first kappa shape index (κ1) is 27.2. The van der Waals surface area contributed by atoms with Gasteiger partial charge in [-0.05, 0) is 62.9 Å². The summed E-state index contributed by atoms with van der Waals surface area (Å²) >= 11 is 0. The number of hydrogen-bond acceptors (Lipinski definition) is 8. The molecule has 1 spiro atoms. The van der Waals surface area contributed by atoms with Crippen LogP contribution in [0.3, 0.4) is 0 Å². The maximum Gasteiger partial charge on any atom is 0.339 e. The maximum atomic E-state index is 14.1. The molecule has 0 saturated heterocycles. The van der Waals surface area contributed by atoms with Crippen LogP contribution < -0.4 is 16.0 Å². The van der Waals surface area contributed by atoms with Gasteiger partial charge in [0.2, 0.25) is 5.91 Å². The fourth-order valence-corrected chi connectivity index (χ4v) is 6.11. The highest BCUT2D eigenvalue weighted by molar-refractivity contribution is 6.23. The molecule has 2 aliphatic heterocycles. The Morgan fingerprint density at radius 3 is 2.27 bits per heavy atom. The SMILES string of the molecule is CCOC(=O)C1=C(N)N(c2ccc(C(=O)OCC)cc2)C2=C(C(=O)CC(C)(C)C2)C12C(=O)Nc1ccc(C)cc12. The van der Waals surface area contributed by atoms with Crippen molar-refractivity contribution >= 4 is 35.0 Å². The number of nitrogens with one attached hydrogen (secondary N) is 1. The smallest absolute Gasteiger partial charge is 0.339 e. The Bertz CT molecular complexity index is 1520. The van der Waals surface area contributed by atoms with E-state index in [2.05, 4.69) is 5.32 Å². The summed E-state index contributed by atoms with van der Waals surface area (Å²) in [5.74, 6) is -2.00. The fourth-order valence-electron chi connectivity index (χ4n) is 6.11. The Morgan fingerprint density at radius 1 is 0.975 bits per heavy atom. The van der Waals surface area contributed by atoms with Crippen molar-refractivity contribution in [2.75, 3.05) is 23.4 Å². The number of anilines is 2. The van der Waals surface area contributed by atoms with Crippen LogP contribution in [0.2, 0.25) is 0 Å². The third-order valence-electron chi connectivity index (χ3n) is 7.65. The van der Waals surface area contributed by atoms with Gasteiger partial charge in [-0.15, -0.1) is 0 Å². The molecule has 9 nitrogen and oxygen atoms in total. The first-order chi connectivity index (χ1) is 19.0. The van der Waals surface area contributed by atoms with Crippen LogP contribution in [0.4, 0.5) is 11.4 Å². The molecule has 40 heavy (non-hydrogen) atoms. The van der Waals surface area contributed by atoms with E-state index in [9.17, 15) is 19.2 Å². The van der Waals surface area contributed by atoms with E-state index in [1.807, 2.05) is 32.9 Å². The highest BCUT2D eigenvalue weighted by Gasteiger charge is 2.63. The zero-order valence-electron chi connectivity index (χ0n) is 23.3. The number of carbonyl (C=O) groups is 4. The van der Waals surface area contributed by atoms with Crippen LogP contribution in [0.25, 0.3) is 0 Å². The molecule has 9 heteroatoms. The van der Waals surface area contributed by atoms with Crippen molar-refractivity contribution in [1.29, 1.82) is 0 Å². The van der Waals surface area contributed by atoms with Crippen LogP contribution in [0.15, 0.2) is 65.1 Å². The standard InChI is InChI=1S/C31H33N3O6/c1-6-39-27(36)18-9-11-19(12-10-18)34-22-15-30(4,5)16-23(35)24(22)31(25(26(34)32)28(37)40-7-2)20-14-17(3)8-13-21(20)33-29(31)38/h8-14H,6-7,15-16,32H2,1-5H3,(H,33,38). The molecule has 0 bridgehead atoms. The number of ketones is 1. The van der Waals surface area contributed by atoms with E-state index >= 15 is 0 Å². The lowest BCUT2D eigenvalue weighted by Crippen LogP contribution is -2.54. The van der Waals surface area contributed by atoms with E-state index in [1.165, 1.54) is 0 Å². The molecule has 1 unspecified atom stereocenters. The van der Waals surface area contributed by atoms with Gasteiger partial charge in [0.25, 0.3) is 0 Å². The monoisotopic (exact) mass is 543 g/mol. The zero-order valence-corrected chi connectivity index (χ0v) is 23.3. The Morgan fingerprint density at radius 2 is 1.62 bits per heavy atom. The number of carbonyl (C=O) groups excluding carboxylic acids is 4. The number of rotatable bonds is 5. The number of allylic oxidation sites excluding steroid dienone is 1. The van der Waals surface area contributed by atoms with Gasteiger partial charge in [-0.2, -0.15) is 0 Å². The van der Waals surface area contributed by atoms with Gasteiger partial charge in [0.05, 0.1) is 18.8 Å². The Labute approximate surface area is 233 Å². The third-order valence-corrected chi connectivity index (χ3v) is 7.65. The second kappa shape index (κ2) is 9.66. The lowest BCUT2D eigenvalue weighted by Gasteiger charge is -2.47. The van der Waals surface area contributed by atoms with Gasteiger partial charge in [0, 0.05) is 34.6 Å². The van der Waals surface area contributed by atoms with Gasteiger partial charge in [0.1, 0.15) is 16.8 Å². The number of nitrogens with zero attached hydrogens (tertiary/aromatic N) is 1. The van der Waals surface area contributed by atoms with Crippen LogP contribution in [0, 0.1) is 12.3 Å². The first-order valence-electron chi connectivity index (χ1n) is 13.4. The molecule has 0 radical (unpaired) electrons. The Balaban J connectivity index is 1.84. The highest BCUT2D eigenvalue weighted by atomic mass is 16.5. The molecule has 3 aliphatic rings. The molecular formula is C31H33N3O6. The summed E-state index contributed by atoms with van der Waals surface area (Å²) in [5, 5.41) is 2.90. The number of hydrogen-bond donors (Lipinski definition) is 2. The van der Waals surface area contributed by atoms with Gasteiger partial charge in [-0.3, -0.25) is 14.5 Å². The number of benzene rings is 2. The van der Waals surface area contributed by atoms with Crippen LogP contribution in [-0.4, -0.2) is 36.8 Å². The molecule has 3 N–H and O–H groups in total. The quantitative estimate of drug-likeness (QED) is 0.536. The Kier molecular flexibility index (Phi) is 6.56. The molecule has 208 valence electrons. The van der Waals surface area contributed by atoms with Crippen LogP contribution in [0.1, 0.15) is 62.0 Å². The molecule has 2 aromatic rings. The number of amides is 1. The average Bonchev–Trinajstić information content (AvgIpc) is 3.15. The van der Waals surface area contributed by atoms with Crippen molar-refractivity contribution in [2.45, 2.75) is 52.9 Å². The maximum absolute atomic E-state index is 14.1. The van der Waals surface area contributed by atoms with Gasteiger partial charge < -0.3 is 20.5 Å². The zero-order chi connectivity index (χ0) is 29.0. The number of esters is 2. The lowest BCUT2D eigenvalue weighted by atomic mass is 9.60. The molecule has 2 heterocycles. The fraction of sp³-hybridized carbons (Fsp3) is 0.355. The number of aryl methyl sites for hydroxylation is 1. The van der Waals surface area contributed by atoms with Crippen molar-refractivity contribution in [3.05, 3.63) is 81.8 Å². The molecule has 0 saturated carbocycles. The molecule has 5 rings (SSSR count). The minimum absolute atomic E-state index is 0.00362. The average molecular weight is 544 g/mol. The van der Waals surface area contributed by atoms with Crippen molar-refractivity contribution in [2.24, 2.45) is 11.1 Å². The number of nitrogens with two attached hydrogens (primary N) is 1. The van der Waals surface area contributed by atoms with E-state index in [-0.39, 0.29) is 42.4 Å². The number of ether oxygens (including phenoxy) is 2. The summed E-state index contributed by atoms with van der Waals surface area (Å²) in [6.07, 6.45) is 0.606. The molecule has 1 aliphatic carbocycles. The summed E-state index contributed by atoms with van der Waals surface area (Å²) in [4.78, 5) is 55.9. The largest absolute Gasteiger partial charge is 0.462 e. The molecule has 1 atom stereocenters. The van der Waals surface area contributed by atoms with Crippen LogP contribution in [-0.2, 0) is 29.3 Å².